The van der Waals surface area contributed by atoms with Crippen molar-refractivity contribution >= 4 is 28.5 Å². The van der Waals surface area contributed by atoms with Crippen molar-refractivity contribution in [3.8, 4) is 11.4 Å². The summed E-state index contributed by atoms with van der Waals surface area (Å²) in [6.07, 6.45) is 0. The van der Waals surface area contributed by atoms with Gasteiger partial charge in [0.05, 0.1) is 11.0 Å². The van der Waals surface area contributed by atoms with E-state index in [4.69, 9.17) is 16.6 Å². The van der Waals surface area contributed by atoms with E-state index in [2.05, 4.69) is 22.0 Å². The van der Waals surface area contributed by atoms with Crippen LogP contribution in [0.3, 0.4) is 0 Å². The third-order valence-corrected chi connectivity index (χ3v) is 5.91. The van der Waals surface area contributed by atoms with Crippen molar-refractivity contribution in [3.63, 3.8) is 0 Å². The SMILES string of the molecule is O=C(NCc1ccc(F)cc1)c1ccc2c(c1)nc(-c1ccc(Cl)cc1)n2Cc1ccccc1. The zero-order chi connectivity index (χ0) is 23.5. The third-order valence-electron chi connectivity index (χ3n) is 5.66. The molecule has 1 heterocycles. The van der Waals surface area contributed by atoms with E-state index in [1.807, 2.05) is 48.5 Å². The number of nitrogens with zero attached hydrogens (tertiary/aromatic N) is 2. The molecule has 5 rings (SSSR count). The summed E-state index contributed by atoms with van der Waals surface area (Å²) in [6.45, 7) is 0.959. The van der Waals surface area contributed by atoms with Gasteiger partial charge in [0.15, 0.2) is 0 Å². The summed E-state index contributed by atoms with van der Waals surface area (Å²) < 4.78 is 15.3. The van der Waals surface area contributed by atoms with Gasteiger partial charge in [-0.1, -0.05) is 54.1 Å². The van der Waals surface area contributed by atoms with Crippen LogP contribution in [0.4, 0.5) is 4.39 Å². The van der Waals surface area contributed by atoms with E-state index in [0.29, 0.717) is 23.7 Å². The van der Waals surface area contributed by atoms with Crippen molar-refractivity contribution in [1.82, 2.24) is 14.9 Å². The summed E-state index contributed by atoms with van der Waals surface area (Å²) in [5.41, 5.74) is 5.10. The third kappa shape index (κ3) is 4.70. The topological polar surface area (TPSA) is 46.9 Å². The number of nitrogens with one attached hydrogen (secondary N) is 1. The summed E-state index contributed by atoms with van der Waals surface area (Å²) in [5, 5.41) is 3.55. The van der Waals surface area contributed by atoms with Crippen molar-refractivity contribution in [2.45, 2.75) is 13.1 Å². The van der Waals surface area contributed by atoms with Gasteiger partial charge in [0.25, 0.3) is 5.91 Å². The summed E-state index contributed by atoms with van der Waals surface area (Å²) >= 11 is 6.09. The quantitative estimate of drug-likeness (QED) is 0.309. The second-order valence-corrected chi connectivity index (χ2v) is 8.46. The molecule has 0 aliphatic heterocycles. The number of carbonyl (C=O) groups excluding carboxylic acids is 1. The maximum atomic E-state index is 13.1. The highest BCUT2D eigenvalue weighted by Crippen LogP contribution is 2.28. The molecular weight excluding hydrogens is 449 g/mol. The summed E-state index contributed by atoms with van der Waals surface area (Å²) in [6, 6.07) is 29.4. The molecule has 1 N–H and O–H groups in total. The number of benzene rings is 4. The molecule has 0 spiro atoms. The van der Waals surface area contributed by atoms with Crippen LogP contribution in [0.2, 0.25) is 5.02 Å². The Balaban J connectivity index is 1.48. The lowest BCUT2D eigenvalue weighted by atomic mass is 10.1. The molecule has 34 heavy (non-hydrogen) atoms. The average molecular weight is 470 g/mol. The van der Waals surface area contributed by atoms with Gasteiger partial charge in [-0.05, 0) is 65.7 Å². The van der Waals surface area contributed by atoms with Gasteiger partial charge in [-0.25, -0.2) is 9.37 Å². The highest BCUT2D eigenvalue weighted by Gasteiger charge is 2.15. The monoisotopic (exact) mass is 469 g/mol. The Kier molecular flexibility index (Phi) is 6.11. The van der Waals surface area contributed by atoms with E-state index < -0.39 is 0 Å². The normalized spacial score (nSPS) is 11.0. The van der Waals surface area contributed by atoms with Crippen LogP contribution in [0.1, 0.15) is 21.5 Å². The molecule has 0 fully saturated rings. The zero-order valence-electron chi connectivity index (χ0n) is 18.2. The van der Waals surface area contributed by atoms with Crippen molar-refractivity contribution in [2.75, 3.05) is 0 Å². The fourth-order valence-corrected chi connectivity index (χ4v) is 4.03. The van der Waals surface area contributed by atoms with Gasteiger partial charge >= 0.3 is 0 Å². The van der Waals surface area contributed by atoms with Gasteiger partial charge in [-0.15, -0.1) is 0 Å². The maximum Gasteiger partial charge on any atom is 0.251 e. The largest absolute Gasteiger partial charge is 0.348 e. The molecule has 1 aromatic heterocycles. The van der Waals surface area contributed by atoms with Crippen molar-refractivity contribution < 1.29 is 9.18 Å². The van der Waals surface area contributed by atoms with E-state index in [-0.39, 0.29) is 11.7 Å². The molecule has 4 nitrogen and oxygen atoms in total. The second-order valence-electron chi connectivity index (χ2n) is 8.03. The first-order valence-corrected chi connectivity index (χ1v) is 11.3. The molecule has 1 amide bonds. The number of carbonyl (C=O) groups is 1. The molecule has 4 aromatic carbocycles. The predicted octanol–water partition coefficient (Wildman–Crippen LogP) is 6.47. The van der Waals surface area contributed by atoms with E-state index in [0.717, 1.165) is 33.5 Å². The molecule has 0 atom stereocenters. The van der Waals surface area contributed by atoms with Crippen LogP contribution >= 0.6 is 11.6 Å². The Morgan fingerprint density at radius 3 is 2.35 bits per heavy atom. The maximum absolute atomic E-state index is 13.1. The molecule has 0 aliphatic carbocycles. The summed E-state index contributed by atoms with van der Waals surface area (Å²) in [5.74, 6) is 0.291. The minimum absolute atomic E-state index is 0.211. The second kappa shape index (κ2) is 9.49. The number of fused-ring (bicyclic) bond motifs is 1. The van der Waals surface area contributed by atoms with Crippen LogP contribution in [0, 0.1) is 5.82 Å². The van der Waals surface area contributed by atoms with Crippen LogP contribution in [-0.2, 0) is 13.1 Å². The van der Waals surface area contributed by atoms with Gasteiger partial charge in [-0.3, -0.25) is 4.79 Å². The Labute approximate surface area is 201 Å². The van der Waals surface area contributed by atoms with Gasteiger partial charge in [0.2, 0.25) is 0 Å². The van der Waals surface area contributed by atoms with E-state index in [9.17, 15) is 9.18 Å². The lowest BCUT2D eigenvalue weighted by Gasteiger charge is -2.10. The smallest absolute Gasteiger partial charge is 0.251 e. The lowest BCUT2D eigenvalue weighted by molar-refractivity contribution is 0.0951. The summed E-state index contributed by atoms with van der Waals surface area (Å²) in [7, 11) is 0. The molecular formula is C28H21ClFN3O. The highest BCUT2D eigenvalue weighted by atomic mass is 35.5. The number of hydrogen-bond donors (Lipinski definition) is 1. The average Bonchev–Trinajstić information content (AvgIpc) is 3.22. The lowest BCUT2D eigenvalue weighted by Crippen LogP contribution is -2.22. The minimum Gasteiger partial charge on any atom is -0.348 e. The van der Waals surface area contributed by atoms with Crippen molar-refractivity contribution in [2.24, 2.45) is 0 Å². The minimum atomic E-state index is -0.303. The number of rotatable bonds is 6. The molecule has 0 saturated carbocycles. The fraction of sp³-hybridized carbons (Fsp3) is 0.0714. The molecule has 0 saturated heterocycles. The van der Waals surface area contributed by atoms with Gasteiger partial charge in [0.1, 0.15) is 11.6 Å². The van der Waals surface area contributed by atoms with Crippen LogP contribution in [-0.4, -0.2) is 15.5 Å². The highest BCUT2D eigenvalue weighted by molar-refractivity contribution is 6.30. The van der Waals surface area contributed by atoms with Gasteiger partial charge < -0.3 is 9.88 Å². The number of imidazole rings is 1. The first-order valence-electron chi connectivity index (χ1n) is 10.9. The number of aromatic nitrogens is 2. The Bertz CT molecular complexity index is 1450. The van der Waals surface area contributed by atoms with Crippen molar-refractivity contribution in [1.29, 1.82) is 0 Å². The first-order chi connectivity index (χ1) is 16.6. The molecule has 6 heteroatoms. The van der Waals surface area contributed by atoms with Gasteiger partial charge in [0, 0.05) is 29.2 Å². The van der Waals surface area contributed by atoms with E-state index >= 15 is 0 Å². The van der Waals surface area contributed by atoms with Crippen molar-refractivity contribution in [3.05, 3.63) is 125 Å². The van der Waals surface area contributed by atoms with Gasteiger partial charge in [-0.2, -0.15) is 0 Å². The fourth-order valence-electron chi connectivity index (χ4n) is 3.90. The molecule has 5 aromatic rings. The zero-order valence-corrected chi connectivity index (χ0v) is 19.0. The van der Waals surface area contributed by atoms with Crippen LogP contribution in [0.15, 0.2) is 97.1 Å². The number of hydrogen-bond acceptors (Lipinski definition) is 2. The van der Waals surface area contributed by atoms with Crippen LogP contribution in [0.25, 0.3) is 22.4 Å². The predicted molar refractivity (Wildman–Crippen MR) is 133 cm³/mol. The van der Waals surface area contributed by atoms with E-state index in [1.165, 1.54) is 12.1 Å². The van der Waals surface area contributed by atoms with E-state index in [1.54, 1.807) is 24.3 Å². The number of amides is 1. The first kappa shape index (κ1) is 21.9. The molecule has 0 aliphatic rings. The molecule has 0 bridgehead atoms. The van der Waals surface area contributed by atoms with Crippen LogP contribution in [0.5, 0.6) is 0 Å². The Morgan fingerprint density at radius 2 is 1.62 bits per heavy atom. The molecule has 0 unspecified atom stereocenters. The Morgan fingerprint density at radius 1 is 0.882 bits per heavy atom. The summed E-state index contributed by atoms with van der Waals surface area (Å²) in [4.78, 5) is 17.7. The molecule has 168 valence electrons. The Hall–Kier alpha value is -3.96. The molecule has 0 radical (unpaired) electrons. The standard InChI is InChI=1S/C28H21ClFN3O/c29-23-11-8-21(9-12-23)27-32-25-16-22(28(34)31-17-19-6-13-24(30)14-7-19)10-15-26(25)33(27)18-20-4-2-1-3-5-20/h1-16H,17-18H2,(H,31,34). The number of halogens is 2. The van der Waals surface area contributed by atoms with Crippen LogP contribution < -0.4 is 5.32 Å².